The lowest BCUT2D eigenvalue weighted by molar-refractivity contribution is -0.142. The van der Waals surface area contributed by atoms with Crippen LogP contribution in [0.25, 0.3) is 6.08 Å². The molecule has 2 aromatic carbocycles. The fraction of sp³-hybridized carbons (Fsp3) is 0.111. The van der Waals surface area contributed by atoms with E-state index in [1.165, 1.54) is 6.08 Å². The number of rotatable bonds is 6. The van der Waals surface area contributed by atoms with Crippen LogP contribution < -0.4 is 10.1 Å². The number of carbonyl (C=O) groups excluding carboxylic acids is 2. The van der Waals surface area contributed by atoms with Crippen molar-refractivity contribution in [3.63, 3.8) is 0 Å². The summed E-state index contributed by atoms with van der Waals surface area (Å²) in [5, 5.41) is 2.67. The molecule has 2 aromatic rings. The van der Waals surface area contributed by atoms with E-state index in [0.717, 1.165) is 9.13 Å². The second-order valence-corrected chi connectivity index (χ2v) is 6.02. The first-order valence-electron chi connectivity index (χ1n) is 7.11. The van der Waals surface area contributed by atoms with Crippen molar-refractivity contribution in [1.29, 1.82) is 0 Å². The maximum Gasteiger partial charge on any atom is 0.331 e. The first-order chi connectivity index (χ1) is 11.6. The van der Waals surface area contributed by atoms with Gasteiger partial charge in [-0.1, -0.05) is 18.2 Å². The van der Waals surface area contributed by atoms with E-state index in [0.29, 0.717) is 11.4 Å². The Balaban J connectivity index is 1.81. The summed E-state index contributed by atoms with van der Waals surface area (Å²) < 4.78 is 11.0. The van der Waals surface area contributed by atoms with Gasteiger partial charge in [0.25, 0.3) is 5.91 Å². The quantitative estimate of drug-likeness (QED) is 0.427. The molecule has 0 aliphatic carbocycles. The molecule has 0 aliphatic heterocycles. The maximum atomic E-state index is 11.8. The summed E-state index contributed by atoms with van der Waals surface area (Å²) >= 11 is 2.15. The largest absolute Gasteiger partial charge is 0.497 e. The van der Waals surface area contributed by atoms with Gasteiger partial charge in [-0.3, -0.25) is 4.79 Å². The van der Waals surface area contributed by atoms with Crippen LogP contribution in [0.1, 0.15) is 5.56 Å². The number of ether oxygens (including phenoxy) is 2. The van der Waals surface area contributed by atoms with Gasteiger partial charge in [0.1, 0.15) is 5.75 Å². The van der Waals surface area contributed by atoms with E-state index in [1.807, 2.05) is 36.4 Å². The molecule has 2 rings (SSSR count). The van der Waals surface area contributed by atoms with Crippen molar-refractivity contribution >= 4 is 46.2 Å². The molecule has 1 N–H and O–H groups in total. The van der Waals surface area contributed by atoms with Gasteiger partial charge in [0.2, 0.25) is 0 Å². The van der Waals surface area contributed by atoms with Crippen LogP contribution in [0.2, 0.25) is 0 Å². The second kappa shape index (κ2) is 9.07. The van der Waals surface area contributed by atoms with E-state index in [4.69, 9.17) is 9.47 Å². The van der Waals surface area contributed by atoms with E-state index in [2.05, 4.69) is 27.9 Å². The smallest absolute Gasteiger partial charge is 0.331 e. The lowest BCUT2D eigenvalue weighted by Gasteiger charge is -2.05. The summed E-state index contributed by atoms with van der Waals surface area (Å²) in [6.45, 7) is -0.341. The van der Waals surface area contributed by atoms with E-state index < -0.39 is 5.97 Å². The molecule has 0 saturated carbocycles. The third-order valence-corrected chi connectivity index (χ3v) is 3.63. The van der Waals surface area contributed by atoms with Crippen LogP contribution >= 0.6 is 22.6 Å². The maximum absolute atomic E-state index is 11.8. The molecule has 0 fully saturated rings. The van der Waals surface area contributed by atoms with Gasteiger partial charge in [-0.15, -0.1) is 0 Å². The van der Waals surface area contributed by atoms with Gasteiger partial charge < -0.3 is 14.8 Å². The van der Waals surface area contributed by atoms with Crippen LogP contribution in [0.4, 0.5) is 5.69 Å². The number of methoxy groups -OCH3 is 1. The number of esters is 1. The minimum Gasteiger partial charge on any atom is -0.497 e. The van der Waals surface area contributed by atoms with Crippen molar-refractivity contribution in [1.82, 2.24) is 0 Å². The average molecular weight is 437 g/mol. The molecule has 0 aromatic heterocycles. The van der Waals surface area contributed by atoms with Crippen LogP contribution in [-0.2, 0) is 14.3 Å². The average Bonchev–Trinajstić information content (AvgIpc) is 2.58. The van der Waals surface area contributed by atoms with E-state index in [9.17, 15) is 9.59 Å². The highest BCUT2D eigenvalue weighted by atomic mass is 127. The molecule has 6 heteroatoms. The Morgan fingerprint density at radius 3 is 2.71 bits per heavy atom. The Morgan fingerprint density at radius 1 is 1.17 bits per heavy atom. The third-order valence-electron chi connectivity index (χ3n) is 2.96. The lowest BCUT2D eigenvalue weighted by atomic mass is 10.2. The Hall–Kier alpha value is -2.35. The van der Waals surface area contributed by atoms with Crippen molar-refractivity contribution in [3.05, 3.63) is 63.7 Å². The number of anilines is 1. The van der Waals surface area contributed by atoms with Crippen molar-refractivity contribution in [2.24, 2.45) is 0 Å². The van der Waals surface area contributed by atoms with Gasteiger partial charge in [0.15, 0.2) is 6.61 Å². The van der Waals surface area contributed by atoms with E-state index >= 15 is 0 Å². The number of halogens is 1. The highest BCUT2D eigenvalue weighted by Crippen LogP contribution is 2.14. The minimum absolute atomic E-state index is 0.341. The van der Waals surface area contributed by atoms with Crippen LogP contribution in [0.5, 0.6) is 5.75 Å². The molecule has 5 nitrogen and oxygen atoms in total. The summed E-state index contributed by atoms with van der Waals surface area (Å²) in [6, 6.07) is 14.6. The first kappa shape index (κ1) is 18.0. The third kappa shape index (κ3) is 6.04. The molecular formula is C18H16INO4. The predicted octanol–water partition coefficient (Wildman–Crippen LogP) is 3.49. The number of benzene rings is 2. The minimum atomic E-state index is -0.587. The first-order valence-corrected chi connectivity index (χ1v) is 8.19. The lowest BCUT2D eigenvalue weighted by Crippen LogP contribution is -2.20. The fourth-order valence-electron chi connectivity index (χ4n) is 1.86. The summed E-state index contributed by atoms with van der Waals surface area (Å²) in [4.78, 5) is 23.4. The zero-order valence-electron chi connectivity index (χ0n) is 13.0. The Bertz CT molecular complexity index is 758. The number of nitrogens with one attached hydrogen (secondary N) is 1. The molecule has 0 bridgehead atoms. The molecule has 124 valence electrons. The number of hydrogen-bond acceptors (Lipinski definition) is 4. The summed E-state index contributed by atoms with van der Waals surface area (Å²) in [6.07, 6.45) is 2.87. The van der Waals surface area contributed by atoms with Gasteiger partial charge in [-0.25, -0.2) is 4.79 Å². The molecule has 0 saturated heterocycles. The Kier molecular flexibility index (Phi) is 6.80. The van der Waals surface area contributed by atoms with Crippen LogP contribution in [-0.4, -0.2) is 25.6 Å². The van der Waals surface area contributed by atoms with Crippen LogP contribution in [0, 0.1) is 3.57 Å². The standard InChI is InChI=1S/C18H16INO4/c1-23-16-7-2-4-13(10-16)8-9-18(22)24-12-17(21)20-15-6-3-5-14(19)11-15/h2-11H,12H2,1H3,(H,20,21)/b9-8+. The number of amides is 1. The van der Waals surface area contributed by atoms with Crippen molar-refractivity contribution in [2.45, 2.75) is 0 Å². The molecule has 0 radical (unpaired) electrons. The van der Waals surface area contributed by atoms with E-state index in [-0.39, 0.29) is 12.5 Å². The van der Waals surface area contributed by atoms with Crippen molar-refractivity contribution in [3.8, 4) is 5.75 Å². The highest BCUT2D eigenvalue weighted by molar-refractivity contribution is 14.1. The molecule has 0 heterocycles. The summed E-state index contributed by atoms with van der Waals surface area (Å²) in [7, 11) is 1.57. The monoisotopic (exact) mass is 437 g/mol. The van der Waals surface area contributed by atoms with E-state index in [1.54, 1.807) is 25.3 Å². The van der Waals surface area contributed by atoms with Crippen molar-refractivity contribution in [2.75, 3.05) is 19.0 Å². The predicted molar refractivity (Wildman–Crippen MR) is 101 cm³/mol. The molecule has 0 atom stereocenters. The topological polar surface area (TPSA) is 64.6 Å². The van der Waals surface area contributed by atoms with Gasteiger partial charge in [0.05, 0.1) is 7.11 Å². The van der Waals surface area contributed by atoms with Gasteiger partial charge in [-0.05, 0) is 64.6 Å². The van der Waals surface area contributed by atoms with Crippen LogP contribution in [0.3, 0.4) is 0 Å². The summed E-state index contributed by atoms with van der Waals surface area (Å²) in [5.41, 5.74) is 1.46. The van der Waals surface area contributed by atoms with Gasteiger partial charge in [0, 0.05) is 15.3 Å². The molecular weight excluding hydrogens is 421 g/mol. The normalized spacial score (nSPS) is 10.4. The zero-order chi connectivity index (χ0) is 17.4. The SMILES string of the molecule is COc1cccc(/C=C/C(=O)OCC(=O)Nc2cccc(I)c2)c1. The fourth-order valence-corrected chi connectivity index (χ4v) is 2.40. The molecule has 0 spiro atoms. The van der Waals surface area contributed by atoms with Gasteiger partial charge >= 0.3 is 5.97 Å². The van der Waals surface area contributed by atoms with Crippen LogP contribution in [0.15, 0.2) is 54.6 Å². The van der Waals surface area contributed by atoms with Gasteiger partial charge in [-0.2, -0.15) is 0 Å². The molecule has 0 aliphatic rings. The zero-order valence-corrected chi connectivity index (χ0v) is 15.1. The molecule has 1 amide bonds. The highest BCUT2D eigenvalue weighted by Gasteiger charge is 2.06. The second-order valence-electron chi connectivity index (χ2n) is 4.78. The Labute approximate surface area is 153 Å². The number of hydrogen-bond donors (Lipinski definition) is 1. The molecule has 0 unspecified atom stereocenters. The Morgan fingerprint density at radius 2 is 1.96 bits per heavy atom. The molecule has 24 heavy (non-hydrogen) atoms. The number of carbonyl (C=O) groups is 2. The summed E-state index contributed by atoms with van der Waals surface area (Å²) in [5.74, 6) is -0.280. The van der Waals surface area contributed by atoms with Crippen molar-refractivity contribution < 1.29 is 19.1 Å².